The van der Waals surface area contributed by atoms with Crippen LogP contribution in [0.25, 0.3) is 0 Å². The number of halogens is 3. The molecule has 0 saturated heterocycles. The summed E-state index contributed by atoms with van der Waals surface area (Å²) in [6.45, 7) is 1.42. The van der Waals surface area contributed by atoms with Crippen LogP contribution in [0.2, 0.25) is 4.73 Å². The van der Waals surface area contributed by atoms with Gasteiger partial charge in [-0.15, -0.1) is 0 Å². The summed E-state index contributed by atoms with van der Waals surface area (Å²) in [5.41, 5.74) is 0. The van der Waals surface area contributed by atoms with E-state index in [1.807, 2.05) is 0 Å². The summed E-state index contributed by atoms with van der Waals surface area (Å²) < 4.78 is 0.171. The van der Waals surface area contributed by atoms with Crippen LogP contribution in [0.15, 0.2) is 0 Å². The molecule has 0 aliphatic heterocycles. The molecule has 0 fully saturated rings. The topological polar surface area (TPSA) is 17.1 Å². The molecule has 0 saturated carbocycles. The first-order valence-corrected chi connectivity index (χ1v) is 9.53. The van der Waals surface area contributed by atoms with Gasteiger partial charge >= 0.3 is 63.5 Å². The van der Waals surface area contributed by atoms with Crippen LogP contribution in [0.5, 0.6) is 0 Å². The van der Waals surface area contributed by atoms with Crippen molar-refractivity contribution in [3.8, 4) is 0 Å². The molecule has 0 rings (SSSR count). The van der Waals surface area contributed by atoms with Gasteiger partial charge in [-0.2, -0.15) is 0 Å². The monoisotopic (exact) mass is 210 g/mol. The Morgan fingerprint density at radius 1 is 1.50 bits per heavy atom. The van der Waals surface area contributed by atoms with Crippen molar-refractivity contribution in [3.63, 3.8) is 0 Å². The van der Waals surface area contributed by atoms with Gasteiger partial charge in [0.2, 0.25) is 0 Å². The standard InChI is InChI=1S/C3H5O.3ClH.Ti/c1-3(2)4;;;;/h1H2,2H3;3*1H;/q;;;;+3/p-3. The molecule has 48 valence electrons. The number of carbonyl (C=O) groups is 1. The molecular weight excluding hydrogens is 206 g/mol. The van der Waals surface area contributed by atoms with Gasteiger partial charge in [0.25, 0.3) is 0 Å². The summed E-state index contributed by atoms with van der Waals surface area (Å²) in [5, 5.41) is 0. The number of carbonyl (C=O) groups excluding carboxylic acids is 1. The van der Waals surface area contributed by atoms with E-state index in [0.717, 1.165) is 0 Å². The van der Waals surface area contributed by atoms with Crippen LogP contribution in [0.4, 0.5) is 0 Å². The van der Waals surface area contributed by atoms with Gasteiger partial charge in [0.1, 0.15) is 0 Å². The van der Waals surface area contributed by atoms with Gasteiger partial charge in [-0.05, 0) is 0 Å². The third kappa shape index (κ3) is 7.25. The molecule has 0 N–H and O–H groups in total. The molecule has 0 aromatic heterocycles. The second-order valence-electron chi connectivity index (χ2n) is 1.49. The van der Waals surface area contributed by atoms with E-state index in [1.54, 1.807) is 0 Å². The van der Waals surface area contributed by atoms with E-state index in [9.17, 15) is 4.79 Å². The first-order valence-electron chi connectivity index (χ1n) is 1.98. The number of rotatable bonds is 2. The van der Waals surface area contributed by atoms with Gasteiger partial charge in [-0.25, -0.2) is 0 Å². The van der Waals surface area contributed by atoms with Gasteiger partial charge in [-0.1, -0.05) is 0 Å². The maximum absolute atomic E-state index is 10.3. The number of hydrogen-bond donors (Lipinski definition) is 0. The normalized spacial score (nSPS) is 11.5. The fourth-order valence-corrected chi connectivity index (χ4v) is 3.49. The molecule has 0 heterocycles. The zero-order chi connectivity index (χ0) is 6.78. The average Bonchev–Trinajstić information content (AvgIpc) is 1.21. The van der Waals surface area contributed by atoms with Crippen LogP contribution < -0.4 is 0 Å². The van der Waals surface area contributed by atoms with Gasteiger partial charge in [0.05, 0.1) is 0 Å². The Morgan fingerprint density at radius 3 is 1.88 bits per heavy atom. The van der Waals surface area contributed by atoms with Crippen molar-refractivity contribution in [1.82, 2.24) is 0 Å². The average molecular weight is 211 g/mol. The van der Waals surface area contributed by atoms with E-state index in [1.165, 1.54) is 6.92 Å². The Hall–Kier alpha value is 1.25. The van der Waals surface area contributed by atoms with Crippen LogP contribution in [0.1, 0.15) is 6.92 Å². The molecule has 0 spiro atoms. The molecule has 0 amide bonds. The summed E-state index contributed by atoms with van der Waals surface area (Å²) in [5.74, 6) is -0.0370. The molecule has 5 heteroatoms. The molecule has 0 radical (unpaired) electrons. The number of Topliss-reactive ketones (excluding diaryl/α,β-unsaturated/α-hetero) is 1. The number of ketones is 1. The van der Waals surface area contributed by atoms with Crippen LogP contribution in [0.3, 0.4) is 0 Å². The first-order chi connectivity index (χ1) is 3.42. The van der Waals surface area contributed by atoms with Gasteiger partial charge in [-0.3, -0.25) is 0 Å². The maximum atomic E-state index is 10.3. The Balaban J connectivity index is 3.55. The molecule has 1 nitrogen and oxygen atoms in total. The molecular formula is C3H5Cl3OTi. The zero-order valence-corrected chi connectivity index (χ0v) is 8.08. The van der Waals surface area contributed by atoms with E-state index in [0.29, 0.717) is 0 Å². The van der Waals surface area contributed by atoms with Gasteiger partial charge in [0, 0.05) is 0 Å². The fourth-order valence-electron chi connectivity index (χ4n) is 0.282. The van der Waals surface area contributed by atoms with E-state index in [2.05, 4.69) is 0 Å². The van der Waals surface area contributed by atoms with E-state index >= 15 is 0 Å². The van der Waals surface area contributed by atoms with Gasteiger partial charge in [0.15, 0.2) is 0 Å². The van der Waals surface area contributed by atoms with Crippen LogP contribution in [-0.4, -0.2) is 5.78 Å². The SMILES string of the molecule is CC(=O)[CH2][Ti]([Cl])([Cl])[Cl]. The predicted molar refractivity (Wildman–Crippen MR) is 33.0 cm³/mol. The number of hydrogen-bond acceptors (Lipinski definition) is 1. The Labute approximate surface area is 63.3 Å². The second kappa shape index (κ2) is 3.43. The molecule has 0 bridgehead atoms. The summed E-state index contributed by atoms with van der Waals surface area (Å²) >= 11 is -3.09. The van der Waals surface area contributed by atoms with Crippen LogP contribution >= 0.6 is 27.9 Å². The molecule has 0 atom stereocenters. The van der Waals surface area contributed by atoms with Crippen molar-refractivity contribution < 1.29 is 18.2 Å². The van der Waals surface area contributed by atoms with Crippen LogP contribution in [-0.2, 0) is 18.2 Å². The van der Waals surface area contributed by atoms with Crippen LogP contribution in [0, 0.1) is 0 Å². The van der Waals surface area contributed by atoms with E-state index in [4.69, 9.17) is 27.9 Å². The third-order valence-corrected chi connectivity index (χ3v) is 3.51. The summed E-state index contributed by atoms with van der Waals surface area (Å²) in [6.07, 6.45) is 0. The van der Waals surface area contributed by atoms with Crippen molar-refractivity contribution in [1.29, 1.82) is 0 Å². The molecule has 0 unspecified atom stereocenters. The Morgan fingerprint density at radius 2 is 1.88 bits per heavy atom. The van der Waals surface area contributed by atoms with Crippen molar-refractivity contribution >= 4 is 33.7 Å². The zero-order valence-electron chi connectivity index (χ0n) is 4.25. The molecule has 8 heavy (non-hydrogen) atoms. The Kier molecular flexibility index (Phi) is 3.97. The minimum atomic E-state index is -3.09. The van der Waals surface area contributed by atoms with Gasteiger partial charge < -0.3 is 0 Å². The summed E-state index contributed by atoms with van der Waals surface area (Å²) in [4.78, 5) is 10.3. The quantitative estimate of drug-likeness (QED) is 0.642. The van der Waals surface area contributed by atoms with Crippen molar-refractivity contribution in [2.75, 3.05) is 0 Å². The van der Waals surface area contributed by atoms with E-state index < -0.39 is 13.4 Å². The molecule has 0 aliphatic rings. The minimum absolute atomic E-state index is 0.0370. The predicted octanol–water partition coefficient (Wildman–Crippen LogP) is 2.61. The molecule has 0 aliphatic carbocycles. The summed E-state index contributed by atoms with van der Waals surface area (Å²) in [6, 6.07) is 0. The fraction of sp³-hybridized carbons (Fsp3) is 0.667. The van der Waals surface area contributed by atoms with E-state index in [-0.39, 0.29) is 10.5 Å². The first kappa shape index (κ1) is 9.25. The molecule has 0 aromatic carbocycles. The van der Waals surface area contributed by atoms with Crippen molar-refractivity contribution in [2.45, 2.75) is 11.6 Å². The Bertz CT molecular complexity index is 97.2. The van der Waals surface area contributed by atoms with Crippen molar-refractivity contribution in [3.05, 3.63) is 0 Å². The second-order valence-corrected chi connectivity index (χ2v) is 14.3. The summed E-state index contributed by atoms with van der Waals surface area (Å²) in [7, 11) is 16.3. The molecule has 0 aromatic rings. The van der Waals surface area contributed by atoms with Crippen molar-refractivity contribution in [2.24, 2.45) is 0 Å². The third-order valence-electron chi connectivity index (χ3n) is 0.449.